The molecule has 2 rings (SSSR count). The number of aryl methyl sites for hydroxylation is 1. The molecule has 0 fully saturated rings. The molecule has 0 aliphatic carbocycles. The van der Waals surface area contributed by atoms with E-state index in [-0.39, 0.29) is 16.7 Å². The first-order chi connectivity index (χ1) is 9.28. The Balaban J connectivity index is 2.35. The van der Waals surface area contributed by atoms with E-state index < -0.39 is 11.6 Å². The fourth-order valence-corrected chi connectivity index (χ4v) is 2.30. The smallest absolute Gasteiger partial charge is 0.133 e. The second-order valence-electron chi connectivity index (χ2n) is 5.73. The minimum atomic E-state index is -0.478. The van der Waals surface area contributed by atoms with Crippen molar-refractivity contribution in [2.45, 2.75) is 39.8 Å². The van der Waals surface area contributed by atoms with Crippen LogP contribution in [0.5, 0.6) is 0 Å². The molecule has 6 heteroatoms. The number of aromatic nitrogens is 2. The van der Waals surface area contributed by atoms with Gasteiger partial charge in [-0.15, -0.1) is 5.10 Å². The van der Waals surface area contributed by atoms with E-state index >= 15 is 0 Å². The molecule has 0 radical (unpaired) electrons. The summed E-state index contributed by atoms with van der Waals surface area (Å²) in [5, 5.41) is 7.23. The van der Waals surface area contributed by atoms with Gasteiger partial charge in [-0.3, -0.25) is 0 Å². The lowest BCUT2D eigenvalue weighted by atomic mass is 10.1. The average Bonchev–Trinajstić information content (AvgIpc) is 2.78. The maximum absolute atomic E-state index is 14.0. The zero-order valence-corrected chi connectivity index (χ0v) is 12.7. The molecule has 0 aliphatic rings. The first-order valence-corrected chi connectivity index (χ1v) is 7.07. The maximum atomic E-state index is 14.0. The van der Waals surface area contributed by atoms with Gasteiger partial charge in [-0.1, -0.05) is 4.49 Å². The minimum Gasteiger partial charge on any atom is -0.307 e. The lowest BCUT2D eigenvalue weighted by molar-refractivity contribution is 0.426. The van der Waals surface area contributed by atoms with Gasteiger partial charge >= 0.3 is 0 Å². The van der Waals surface area contributed by atoms with Crippen molar-refractivity contribution in [2.24, 2.45) is 0 Å². The Bertz CT molecular complexity index is 617. The van der Waals surface area contributed by atoms with Crippen LogP contribution in [-0.4, -0.2) is 15.1 Å². The van der Waals surface area contributed by atoms with Gasteiger partial charge in [0.1, 0.15) is 17.3 Å². The summed E-state index contributed by atoms with van der Waals surface area (Å²) in [5.74, 6) is -0.919. The summed E-state index contributed by atoms with van der Waals surface area (Å²) in [6.45, 7) is 8.16. The fourth-order valence-electron chi connectivity index (χ4n) is 1.70. The highest BCUT2D eigenvalue weighted by Gasteiger charge is 2.18. The normalized spacial score (nSPS) is 11.9. The molecular formula is C14H17F2N3S. The summed E-state index contributed by atoms with van der Waals surface area (Å²) >= 11 is 1.19. The number of hydrogen-bond donors (Lipinski definition) is 1. The predicted octanol–water partition coefficient (Wildman–Crippen LogP) is 3.68. The second kappa shape index (κ2) is 5.54. The quantitative estimate of drug-likeness (QED) is 0.939. The van der Waals surface area contributed by atoms with E-state index in [0.29, 0.717) is 12.2 Å². The third kappa shape index (κ3) is 3.37. The zero-order valence-electron chi connectivity index (χ0n) is 11.9. The van der Waals surface area contributed by atoms with Crippen LogP contribution in [-0.2, 0) is 6.54 Å². The van der Waals surface area contributed by atoms with Gasteiger partial charge in [-0.2, -0.15) is 0 Å². The Morgan fingerprint density at radius 3 is 2.55 bits per heavy atom. The molecule has 0 atom stereocenters. The van der Waals surface area contributed by atoms with Crippen LogP contribution in [0.4, 0.5) is 8.78 Å². The van der Waals surface area contributed by atoms with Crippen molar-refractivity contribution in [3.05, 3.63) is 34.2 Å². The van der Waals surface area contributed by atoms with Crippen molar-refractivity contribution in [1.82, 2.24) is 14.9 Å². The highest BCUT2D eigenvalue weighted by atomic mass is 32.1. The third-order valence-electron chi connectivity index (χ3n) is 2.84. The highest BCUT2D eigenvalue weighted by Crippen LogP contribution is 2.28. The molecule has 2 aromatic rings. The number of nitrogens with zero attached hydrogens (tertiary/aromatic N) is 2. The number of hydrogen-bond acceptors (Lipinski definition) is 4. The van der Waals surface area contributed by atoms with E-state index in [0.717, 1.165) is 4.88 Å². The van der Waals surface area contributed by atoms with Crippen LogP contribution in [0.1, 0.15) is 31.2 Å². The Kier molecular flexibility index (Phi) is 4.15. The van der Waals surface area contributed by atoms with Crippen LogP contribution in [0.15, 0.2) is 12.1 Å². The Hall–Kier alpha value is -1.40. The van der Waals surface area contributed by atoms with Crippen LogP contribution in [0, 0.1) is 18.6 Å². The van der Waals surface area contributed by atoms with Gasteiger partial charge in [0.2, 0.25) is 0 Å². The molecule has 0 saturated heterocycles. The fraction of sp³-hybridized carbons (Fsp3) is 0.429. The van der Waals surface area contributed by atoms with Crippen LogP contribution >= 0.6 is 11.5 Å². The van der Waals surface area contributed by atoms with Crippen molar-refractivity contribution in [3.63, 3.8) is 0 Å². The van der Waals surface area contributed by atoms with Crippen molar-refractivity contribution in [3.8, 4) is 11.3 Å². The monoisotopic (exact) mass is 297 g/mol. The molecule has 0 bridgehead atoms. The molecule has 1 N–H and O–H groups in total. The van der Waals surface area contributed by atoms with E-state index in [1.165, 1.54) is 30.6 Å². The van der Waals surface area contributed by atoms with E-state index in [9.17, 15) is 8.78 Å². The summed E-state index contributed by atoms with van der Waals surface area (Å²) in [4.78, 5) is 0.794. The largest absolute Gasteiger partial charge is 0.307 e. The molecule has 0 spiro atoms. The Morgan fingerprint density at radius 1 is 1.20 bits per heavy atom. The number of benzene rings is 1. The highest BCUT2D eigenvalue weighted by molar-refractivity contribution is 7.05. The van der Waals surface area contributed by atoms with Gasteiger partial charge in [0.15, 0.2) is 0 Å². The number of rotatable bonds is 3. The summed E-state index contributed by atoms with van der Waals surface area (Å²) in [6.07, 6.45) is 0. The molecule has 1 aromatic carbocycles. The third-order valence-corrected chi connectivity index (χ3v) is 3.56. The second-order valence-corrected chi connectivity index (χ2v) is 6.57. The van der Waals surface area contributed by atoms with Crippen LogP contribution in [0.2, 0.25) is 0 Å². The van der Waals surface area contributed by atoms with Gasteiger partial charge in [0.05, 0.1) is 4.88 Å². The van der Waals surface area contributed by atoms with E-state index in [2.05, 4.69) is 14.9 Å². The molecule has 20 heavy (non-hydrogen) atoms. The van der Waals surface area contributed by atoms with Gasteiger partial charge in [0, 0.05) is 17.6 Å². The number of halogens is 2. The lowest BCUT2D eigenvalue weighted by Crippen LogP contribution is -2.34. The van der Waals surface area contributed by atoms with Crippen LogP contribution < -0.4 is 5.32 Å². The molecule has 1 aromatic heterocycles. The summed E-state index contributed by atoms with van der Waals surface area (Å²) in [5.41, 5.74) is 0.776. The summed E-state index contributed by atoms with van der Waals surface area (Å²) in [6, 6.07) is 2.37. The molecule has 0 unspecified atom stereocenters. The van der Waals surface area contributed by atoms with Gasteiger partial charge < -0.3 is 5.32 Å². The van der Waals surface area contributed by atoms with Crippen molar-refractivity contribution < 1.29 is 8.78 Å². The molecule has 3 nitrogen and oxygen atoms in total. The van der Waals surface area contributed by atoms with Gasteiger partial charge in [-0.25, -0.2) is 8.78 Å². The van der Waals surface area contributed by atoms with Crippen molar-refractivity contribution in [2.75, 3.05) is 0 Å². The van der Waals surface area contributed by atoms with Crippen molar-refractivity contribution in [1.29, 1.82) is 0 Å². The Labute approximate surface area is 121 Å². The number of nitrogens with one attached hydrogen (secondary N) is 1. The first kappa shape index (κ1) is 15.0. The summed E-state index contributed by atoms with van der Waals surface area (Å²) < 4.78 is 31.5. The zero-order chi connectivity index (χ0) is 14.9. The molecular weight excluding hydrogens is 280 g/mol. The predicted molar refractivity (Wildman–Crippen MR) is 76.6 cm³/mol. The van der Waals surface area contributed by atoms with E-state index in [1.807, 2.05) is 20.8 Å². The topological polar surface area (TPSA) is 37.8 Å². The standard InChI is InChI=1S/C14H17F2N3S/c1-8-5-11(16)9(6-10(8)15)13-12(20-19-18-13)7-17-14(2,3)4/h5-6,17H,7H2,1-4H3. The lowest BCUT2D eigenvalue weighted by Gasteiger charge is -2.20. The maximum Gasteiger partial charge on any atom is 0.133 e. The van der Waals surface area contributed by atoms with Gasteiger partial charge in [0.25, 0.3) is 0 Å². The molecule has 108 valence electrons. The van der Waals surface area contributed by atoms with Gasteiger partial charge in [-0.05, 0) is 56.9 Å². The summed E-state index contributed by atoms with van der Waals surface area (Å²) in [7, 11) is 0. The van der Waals surface area contributed by atoms with Crippen LogP contribution in [0.3, 0.4) is 0 Å². The molecule has 0 amide bonds. The molecule has 0 aliphatic heterocycles. The minimum absolute atomic E-state index is 0.0711. The van der Waals surface area contributed by atoms with E-state index in [4.69, 9.17) is 0 Å². The molecule has 1 heterocycles. The van der Waals surface area contributed by atoms with E-state index in [1.54, 1.807) is 0 Å². The molecule has 0 saturated carbocycles. The first-order valence-electron chi connectivity index (χ1n) is 6.30. The average molecular weight is 297 g/mol. The van der Waals surface area contributed by atoms with Crippen LogP contribution in [0.25, 0.3) is 11.3 Å². The SMILES string of the molecule is Cc1cc(F)c(-c2nnsc2CNC(C)(C)C)cc1F. The van der Waals surface area contributed by atoms with Crippen molar-refractivity contribution >= 4 is 11.5 Å². The Morgan fingerprint density at radius 2 is 1.90 bits per heavy atom.